The van der Waals surface area contributed by atoms with E-state index >= 15 is 0 Å². The van der Waals surface area contributed by atoms with Crippen molar-refractivity contribution in [3.8, 4) is 5.75 Å². The number of ether oxygens (including phenoxy) is 1. The minimum Gasteiger partial charge on any atom is -0.497 e. The van der Waals surface area contributed by atoms with Gasteiger partial charge in [0, 0.05) is 6.04 Å². The maximum Gasteiger partial charge on any atom is 0.119 e. The molecular weight excluding hydrogens is 222 g/mol. The van der Waals surface area contributed by atoms with Crippen LogP contribution in [0, 0.1) is 0 Å². The topological polar surface area (TPSA) is 21.3 Å². The molecule has 2 nitrogen and oxygen atoms in total. The van der Waals surface area contributed by atoms with Gasteiger partial charge in [0.15, 0.2) is 0 Å². The second-order valence-corrected chi connectivity index (χ2v) is 4.98. The molecule has 0 radical (unpaired) electrons. The van der Waals surface area contributed by atoms with Crippen molar-refractivity contribution < 1.29 is 4.74 Å². The third kappa shape index (κ3) is 2.21. The first-order valence-corrected chi connectivity index (χ1v) is 6.68. The van der Waals surface area contributed by atoms with Crippen molar-refractivity contribution in [1.82, 2.24) is 5.32 Å². The summed E-state index contributed by atoms with van der Waals surface area (Å²) in [6, 6.07) is 13.5. The van der Waals surface area contributed by atoms with Gasteiger partial charge in [-0.25, -0.2) is 0 Å². The minimum absolute atomic E-state index is 0.533. The van der Waals surface area contributed by atoms with Gasteiger partial charge >= 0.3 is 0 Å². The highest BCUT2D eigenvalue weighted by atomic mass is 16.5. The Morgan fingerprint density at radius 1 is 1.06 bits per heavy atom. The number of hydrogen-bond acceptors (Lipinski definition) is 2. The van der Waals surface area contributed by atoms with E-state index in [0.717, 1.165) is 12.3 Å². The van der Waals surface area contributed by atoms with Crippen LogP contribution in [0.1, 0.15) is 30.9 Å². The lowest BCUT2D eigenvalue weighted by Crippen LogP contribution is -2.26. The molecule has 18 heavy (non-hydrogen) atoms. The molecule has 2 aromatic rings. The van der Waals surface area contributed by atoms with Crippen molar-refractivity contribution in [2.75, 3.05) is 13.7 Å². The Balaban J connectivity index is 1.95. The summed E-state index contributed by atoms with van der Waals surface area (Å²) in [5.74, 6) is 0.922. The van der Waals surface area contributed by atoms with E-state index in [2.05, 4.69) is 35.6 Å². The molecule has 0 saturated carbocycles. The number of hydrogen-bond donors (Lipinski definition) is 1. The molecule has 0 aliphatic carbocycles. The van der Waals surface area contributed by atoms with Crippen LogP contribution in [0.4, 0.5) is 0 Å². The summed E-state index contributed by atoms with van der Waals surface area (Å²) in [6.45, 7) is 1.14. The molecule has 0 aromatic heterocycles. The van der Waals surface area contributed by atoms with Crippen LogP contribution in [-0.4, -0.2) is 13.7 Å². The van der Waals surface area contributed by atoms with Crippen LogP contribution in [0.25, 0.3) is 10.8 Å². The molecule has 3 rings (SSSR count). The minimum atomic E-state index is 0.533. The highest BCUT2D eigenvalue weighted by molar-refractivity contribution is 5.84. The van der Waals surface area contributed by atoms with Crippen molar-refractivity contribution in [2.24, 2.45) is 0 Å². The molecule has 1 heterocycles. The molecule has 1 N–H and O–H groups in total. The van der Waals surface area contributed by atoms with E-state index in [1.807, 2.05) is 6.07 Å². The summed E-state index contributed by atoms with van der Waals surface area (Å²) >= 11 is 0. The molecule has 2 aromatic carbocycles. The molecule has 1 atom stereocenters. The number of rotatable bonds is 2. The largest absolute Gasteiger partial charge is 0.497 e. The summed E-state index contributed by atoms with van der Waals surface area (Å²) in [5.41, 5.74) is 1.41. The maximum absolute atomic E-state index is 5.26. The normalized spacial score (nSPS) is 19.9. The molecule has 0 amide bonds. The zero-order valence-corrected chi connectivity index (χ0v) is 10.8. The summed E-state index contributed by atoms with van der Waals surface area (Å²) < 4.78 is 5.26. The Labute approximate surface area is 108 Å². The lowest BCUT2D eigenvalue weighted by molar-refractivity contribution is 0.412. The smallest absolute Gasteiger partial charge is 0.119 e. The van der Waals surface area contributed by atoms with Gasteiger partial charge in [0.05, 0.1) is 7.11 Å². The van der Waals surface area contributed by atoms with Crippen LogP contribution in [0.15, 0.2) is 36.4 Å². The lowest BCUT2D eigenvalue weighted by Gasteiger charge is -2.24. The van der Waals surface area contributed by atoms with Gasteiger partial charge in [-0.15, -0.1) is 0 Å². The number of nitrogens with one attached hydrogen (secondary N) is 1. The van der Waals surface area contributed by atoms with Crippen molar-refractivity contribution in [1.29, 1.82) is 0 Å². The fourth-order valence-corrected chi connectivity index (χ4v) is 2.72. The highest BCUT2D eigenvalue weighted by Crippen LogP contribution is 2.27. The Morgan fingerprint density at radius 3 is 2.67 bits per heavy atom. The van der Waals surface area contributed by atoms with Crippen LogP contribution >= 0.6 is 0 Å². The first-order valence-electron chi connectivity index (χ1n) is 6.68. The Hall–Kier alpha value is -1.54. The summed E-state index contributed by atoms with van der Waals surface area (Å²) in [4.78, 5) is 0. The third-order valence-electron chi connectivity index (χ3n) is 3.78. The van der Waals surface area contributed by atoms with Crippen LogP contribution < -0.4 is 10.1 Å². The quantitative estimate of drug-likeness (QED) is 0.866. The molecule has 1 aliphatic heterocycles. The lowest BCUT2D eigenvalue weighted by atomic mass is 9.95. The molecular formula is C16H19NO. The Kier molecular flexibility index (Phi) is 3.20. The SMILES string of the molecule is COc1ccc2cc([C@@H]3CCCCN3)ccc2c1. The van der Waals surface area contributed by atoms with Crippen LogP contribution in [-0.2, 0) is 0 Å². The van der Waals surface area contributed by atoms with Gasteiger partial charge < -0.3 is 10.1 Å². The second-order valence-electron chi connectivity index (χ2n) is 4.98. The van der Waals surface area contributed by atoms with Gasteiger partial charge in [-0.1, -0.05) is 24.6 Å². The van der Waals surface area contributed by atoms with Crippen molar-refractivity contribution in [3.63, 3.8) is 0 Å². The zero-order chi connectivity index (χ0) is 12.4. The molecule has 0 unspecified atom stereocenters. The summed E-state index contributed by atoms with van der Waals surface area (Å²) in [5, 5.41) is 6.13. The second kappa shape index (κ2) is 4.99. The van der Waals surface area contributed by atoms with Gasteiger partial charge in [-0.2, -0.15) is 0 Å². The van der Waals surface area contributed by atoms with Crippen molar-refractivity contribution in [3.05, 3.63) is 42.0 Å². The molecule has 0 bridgehead atoms. The van der Waals surface area contributed by atoms with Gasteiger partial charge in [-0.3, -0.25) is 0 Å². The van der Waals surface area contributed by atoms with E-state index in [-0.39, 0.29) is 0 Å². The number of fused-ring (bicyclic) bond motifs is 1. The molecule has 94 valence electrons. The summed E-state index contributed by atoms with van der Waals surface area (Å²) in [7, 11) is 1.71. The predicted octanol–water partition coefficient (Wildman–Crippen LogP) is 3.66. The monoisotopic (exact) mass is 241 g/mol. The van der Waals surface area contributed by atoms with Crippen LogP contribution in [0.3, 0.4) is 0 Å². The van der Waals surface area contributed by atoms with Gasteiger partial charge in [0.25, 0.3) is 0 Å². The molecule has 0 spiro atoms. The fraction of sp³-hybridized carbons (Fsp3) is 0.375. The van der Waals surface area contributed by atoms with Crippen LogP contribution in [0.5, 0.6) is 5.75 Å². The van der Waals surface area contributed by atoms with Crippen molar-refractivity contribution in [2.45, 2.75) is 25.3 Å². The van der Waals surface area contributed by atoms with E-state index in [4.69, 9.17) is 4.74 Å². The first-order chi connectivity index (χ1) is 8.86. The maximum atomic E-state index is 5.26. The van der Waals surface area contributed by atoms with Crippen LogP contribution in [0.2, 0.25) is 0 Å². The molecule has 1 saturated heterocycles. The molecule has 1 aliphatic rings. The van der Waals surface area contributed by atoms with Gasteiger partial charge in [0.2, 0.25) is 0 Å². The Bertz CT molecular complexity index is 544. The zero-order valence-electron chi connectivity index (χ0n) is 10.8. The molecule has 1 fully saturated rings. The summed E-state index contributed by atoms with van der Waals surface area (Å²) in [6.07, 6.45) is 3.89. The van der Waals surface area contributed by atoms with E-state index in [1.165, 1.54) is 35.6 Å². The van der Waals surface area contributed by atoms with Gasteiger partial charge in [-0.05, 0) is 53.9 Å². The first kappa shape index (κ1) is 11.5. The van der Waals surface area contributed by atoms with E-state index in [0.29, 0.717) is 6.04 Å². The number of benzene rings is 2. The van der Waals surface area contributed by atoms with E-state index < -0.39 is 0 Å². The standard InChI is InChI=1S/C16H19NO/c1-18-15-8-7-12-10-14(6-5-13(12)11-15)16-4-2-3-9-17-16/h5-8,10-11,16-17H,2-4,9H2,1H3/t16-/m0/s1. The Morgan fingerprint density at radius 2 is 1.89 bits per heavy atom. The average Bonchev–Trinajstić information content (AvgIpc) is 2.47. The van der Waals surface area contributed by atoms with E-state index in [1.54, 1.807) is 7.11 Å². The van der Waals surface area contributed by atoms with Crippen molar-refractivity contribution >= 4 is 10.8 Å². The fourth-order valence-electron chi connectivity index (χ4n) is 2.72. The number of methoxy groups -OCH3 is 1. The molecule has 2 heteroatoms. The predicted molar refractivity (Wildman–Crippen MR) is 75.1 cm³/mol. The van der Waals surface area contributed by atoms with E-state index in [9.17, 15) is 0 Å². The third-order valence-corrected chi connectivity index (χ3v) is 3.78. The highest BCUT2D eigenvalue weighted by Gasteiger charge is 2.14. The van der Waals surface area contributed by atoms with Gasteiger partial charge in [0.1, 0.15) is 5.75 Å². The number of piperidine rings is 1. The average molecular weight is 241 g/mol.